The standard InChI is InChI=1S/C25H22BrN3O5S/c1-3-5-10-33-18-8-6-14(11-19(18)32-4-2)21-20-22(30)16-12-15(26)7-9-17(16)34-23(20)24(31)29(21)25-28-27-13-35-25/h6-9,11-13,21H,3-5,10H2,1-2H3. The first-order chi connectivity index (χ1) is 17.0. The van der Waals surface area contributed by atoms with Gasteiger partial charge in [0.15, 0.2) is 16.9 Å². The molecule has 2 aromatic carbocycles. The van der Waals surface area contributed by atoms with Gasteiger partial charge in [0.25, 0.3) is 5.91 Å². The first kappa shape index (κ1) is 23.5. The van der Waals surface area contributed by atoms with Gasteiger partial charge in [-0.3, -0.25) is 14.5 Å². The van der Waals surface area contributed by atoms with Crippen molar-refractivity contribution in [2.45, 2.75) is 32.7 Å². The van der Waals surface area contributed by atoms with E-state index in [0.29, 0.717) is 46.4 Å². The third kappa shape index (κ3) is 4.21. The van der Waals surface area contributed by atoms with Crippen LogP contribution in [-0.4, -0.2) is 29.3 Å². The van der Waals surface area contributed by atoms with Gasteiger partial charge < -0.3 is 13.9 Å². The second-order valence-electron chi connectivity index (χ2n) is 7.95. The van der Waals surface area contributed by atoms with E-state index in [4.69, 9.17) is 13.9 Å². The van der Waals surface area contributed by atoms with E-state index < -0.39 is 11.9 Å². The quantitative estimate of drug-likeness (QED) is 0.256. The Morgan fingerprint density at radius 2 is 1.97 bits per heavy atom. The Hall–Kier alpha value is -3.24. The highest BCUT2D eigenvalue weighted by molar-refractivity contribution is 9.10. The van der Waals surface area contributed by atoms with E-state index in [0.717, 1.165) is 17.3 Å². The number of hydrogen-bond acceptors (Lipinski definition) is 8. The van der Waals surface area contributed by atoms with Crippen molar-refractivity contribution in [3.05, 3.63) is 73.5 Å². The fourth-order valence-corrected chi connectivity index (χ4v) is 5.08. The summed E-state index contributed by atoms with van der Waals surface area (Å²) in [6, 6.07) is 9.86. The number of carbonyl (C=O) groups is 1. The zero-order chi connectivity index (χ0) is 24.5. The van der Waals surface area contributed by atoms with Gasteiger partial charge in [0.1, 0.15) is 11.1 Å². The van der Waals surface area contributed by atoms with Crippen molar-refractivity contribution in [2.24, 2.45) is 0 Å². The van der Waals surface area contributed by atoms with Gasteiger partial charge in [0.2, 0.25) is 10.9 Å². The van der Waals surface area contributed by atoms with E-state index in [1.165, 1.54) is 16.2 Å². The number of fused-ring (bicyclic) bond motifs is 2. The minimum atomic E-state index is -0.756. The molecule has 10 heteroatoms. The van der Waals surface area contributed by atoms with Gasteiger partial charge in [-0.25, -0.2) is 0 Å². The third-order valence-electron chi connectivity index (χ3n) is 5.73. The number of rotatable bonds is 8. The molecule has 0 fully saturated rings. The van der Waals surface area contributed by atoms with Crippen LogP contribution in [0.2, 0.25) is 0 Å². The van der Waals surface area contributed by atoms with Gasteiger partial charge >= 0.3 is 0 Å². The highest BCUT2D eigenvalue weighted by Crippen LogP contribution is 2.43. The molecule has 4 aromatic rings. The number of anilines is 1. The monoisotopic (exact) mass is 555 g/mol. The number of aromatic nitrogens is 2. The number of halogens is 1. The molecule has 3 heterocycles. The van der Waals surface area contributed by atoms with Crippen LogP contribution < -0.4 is 19.8 Å². The molecular formula is C25H22BrN3O5S. The number of amides is 1. The molecule has 1 atom stereocenters. The minimum absolute atomic E-state index is 0.00579. The average Bonchev–Trinajstić information content (AvgIpc) is 3.47. The Morgan fingerprint density at radius 3 is 2.71 bits per heavy atom. The highest BCUT2D eigenvalue weighted by atomic mass is 79.9. The molecule has 2 aromatic heterocycles. The maximum absolute atomic E-state index is 13.7. The van der Waals surface area contributed by atoms with Crippen LogP contribution >= 0.6 is 27.3 Å². The first-order valence-electron chi connectivity index (χ1n) is 11.3. The molecule has 0 saturated carbocycles. The molecule has 0 saturated heterocycles. The summed E-state index contributed by atoms with van der Waals surface area (Å²) in [5.74, 6) is 0.730. The smallest absolute Gasteiger partial charge is 0.297 e. The molecule has 0 radical (unpaired) electrons. The van der Waals surface area contributed by atoms with E-state index >= 15 is 0 Å². The van der Waals surface area contributed by atoms with E-state index in [1.807, 2.05) is 25.1 Å². The molecule has 0 aliphatic carbocycles. The molecule has 0 spiro atoms. The number of hydrogen-bond donors (Lipinski definition) is 0. The highest BCUT2D eigenvalue weighted by Gasteiger charge is 2.45. The van der Waals surface area contributed by atoms with Crippen molar-refractivity contribution in [3.8, 4) is 11.5 Å². The van der Waals surface area contributed by atoms with Gasteiger partial charge in [-0.1, -0.05) is 46.7 Å². The largest absolute Gasteiger partial charge is 0.490 e. The molecule has 0 N–H and O–H groups in total. The minimum Gasteiger partial charge on any atom is -0.490 e. The zero-order valence-electron chi connectivity index (χ0n) is 19.1. The average molecular weight is 556 g/mol. The Morgan fingerprint density at radius 1 is 1.11 bits per heavy atom. The van der Waals surface area contributed by atoms with Crippen molar-refractivity contribution in [3.63, 3.8) is 0 Å². The van der Waals surface area contributed by atoms with Gasteiger partial charge in [0.05, 0.1) is 30.2 Å². The number of carbonyl (C=O) groups excluding carboxylic acids is 1. The fraction of sp³-hybridized carbons (Fsp3) is 0.280. The molecule has 35 heavy (non-hydrogen) atoms. The lowest BCUT2D eigenvalue weighted by Gasteiger charge is -2.23. The summed E-state index contributed by atoms with van der Waals surface area (Å²) in [6.45, 7) is 5.00. The molecule has 1 aliphatic heterocycles. The van der Waals surface area contributed by atoms with Gasteiger partial charge in [-0.15, -0.1) is 10.2 Å². The van der Waals surface area contributed by atoms with E-state index in [9.17, 15) is 9.59 Å². The fourth-order valence-electron chi connectivity index (χ4n) is 4.14. The van der Waals surface area contributed by atoms with Crippen molar-refractivity contribution in [1.82, 2.24) is 10.2 Å². The summed E-state index contributed by atoms with van der Waals surface area (Å²) in [6.07, 6.45) is 1.94. The lowest BCUT2D eigenvalue weighted by Crippen LogP contribution is -2.29. The van der Waals surface area contributed by atoms with Crippen molar-refractivity contribution in [2.75, 3.05) is 18.1 Å². The van der Waals surface area contributed by atoms with Gasteiger partial charge in [-0.2, -0.15) is 0 Å². The number of ether oxygens (including phenoxy) is 2. The summed E-state index contributed by atoms with van der Waals surface area (Å²) >= 11 is 4.63. The van der Waals surface area contributed by atoms with Crippen LogP contribution in [0.1, 0.15) is 54.4 Å². The first-order valence-corrected chi connectivity index (χ1v) is 13.0. The summed E-state index contributed by atoms with van der Waals surface area (Å²) < 4.78 is 18.5. The predicted octanol–water partition coefficient (Wildman–Crippen LogP) is 5.73. The van der Waals surface area contributed by atoms with Gasteiger partial charge in [-0.05, 0) is 49.2 Å². The lowest BCUT2D eigenvalue weighted by molar-refractivity contribution is 0.0970. The topological polar surface area (TPSA) is 94.8 Å². The zero-order valence-corrected chi connectivity index (χ0v) is 21.5. The third-order valence-corrected chi connectivity index (χ3v) is 6.91. The maximum atomic E-state index is 13.7. The summed E-state index contributed by atoms with van der Waals surface area (Å²) in [5.41, 5.74) is 2.56. The van der Waals surface area contributed by atoms with Crippen LogP contribution in [-0.2, 0) is 0 Å². The van der Waals surface area contributed by atoms with E-state index in [-0.39, 0.29) is 16.8 Å². The number of nitrogens with zero attached hydrogens (tertiary/aromatic N) is 3. The predicted molar refractivity (Wildman–Crippen MR) is 137 cm³/mol. The Kier molecular flexibility index (Phi) is 6.57. The second-order valence-corrected chi connectivity index (χ2v) is 9.68. The summed E-state index contributed by atoms with van der Waals surface area (Å²) in [7, 11) is 0. The summed E-state index contributed by atoms with van der Waals surface area (Å²) in [5, 5.41) is 8.77. The normalized spacial score (nSPS) is 15.0. The maximum Gasteiger partial charge on any atom is 0.297 e. The van der Waals surface area contributed by atoms with Crippen LogP contribution in [0.5, 0.6) is 11.5 Å². The molecular weight excluding hydrogens is 534 g/mol. The van der Waals surface area contributed by atoms with Crippen molar-refractivity contribution in [1.29, 1.82) is 0 Å². The Labute approximate surface area is 213 Å². The van der Waals surface area contributed by atoms with Crippen LogP contribution in [0.25, 0.3) is 11.0 Å². The number of benzene rings is 2. The van der Waals surface area contributed by atoms with Crippen molar-refractivity contribution < 1.29 is 18.7 Å². The van der Waals surface area contributed by atoms with Gasteiger partial charge in [0, 0.05) is 4.47 Å². The Bertz CT molecular complexity index is 1450. The molecule has 180 valence electrons. The molecule has 5 rings (SSSR count). The van der Waals surface area contributed by atoms with Crippen LogP contribution in [0.15, 0.2) is 55.6 Å². The molecule has 8 nitrogen and oxygen atoms in total. The van der Waals surface area contributed by atoms with Crippen LogP contribution in [0.3, 0.4) is 0 Å². The van der Waals surface area contributed by atoms with E-state index in [2.05, 4.69) is 33.1 Å². The molecule has 1 amide bonds. The second kappa shape index (κ2) is 9.79. The SMILES string of the molecule is CCCCOc1ccc(C2c3c(oc4ccc(Br)cc4c3=O)C(=O)N2c2nncs2)cc1OCC. The molecule has 1 aliphatic rings. The van der Waals surface area contributed by atoms with Crippen LogP contribution in [0, 0.1) is 0 Å². The van der Waals surface area contributed by atoms with Crippen LogP contribution in [0.4, 0.5) is 5.13 Å². The lowest BCUT2D eigenvalue weighted by atomic mass is 9.98. The summed E-state index contributed by atoms with van der Waals surface area (Å²) in [4.78, 5) is 28.7. The van der Waals surface area contributed by atoms with E-state index in [1.54, 1.807) is 23.7 Å². The van der Waals surface area contributed by atoms with Crippen molar-refractivity contribution >= 4 is 49.3 Å². The number of unbranched alkanes of at least 4 members (excludes halogenated alkanes) is 1. The molecule has 0 bridgehead atoms. The Balaban J connectivity index is 1.70. The molecule has 1 unspecified atom stereocenters.